The van der Waals surface area contributed by atoms with Gasteiger partial charge in [-0.05, 0) is 37.1 Å². The molecule has 36 heavy (non-hydrogen) atoms. The van der Waals surface area contributed by atoms with Gasteiger partial charge in [0.25, 0.3) is 5.91 Å². The maximum Gasteiger partial charge on any atom is 0.311 e. The van der Waals surface area contributed by atoms with Crippen molar-refractivity contribution in [1.29, 1.82) is 0 Å². The molecule has 0 aliphatic rings. The first-order valence-electron chi connectivity index (χ1n) is 11.4. The molecule has 1 amide bonds. The van der Waals surface area contributed by atoms with Crippen molar-refractivity contribution in [2.75, 3.05) is 12.4 Å². The summed E-state index contributed by atoms with van der Waals surface area (Å²) in [6.07, 6.45) is 0.652. The largest absolute Gasteiger partial charge is 0.497 e. The first-order valence-corrected chi connectivity index (χ1v) is 12.2. The van der Waals surface area contributed by atoms with Crippen molar-refractivity contribution in [3.8, 4) is 22.8 Å². The third kappa shape index (κ3) is 5.23. The Balaban J connectivity index is 1.86. The Kier molecular flexibility index (Phi) is 7.64. The number of nitrogens with one attached hydrogen (secondary N) is 1. The number of aromatic nitrogens is 1. The molecule has 8 heteroatoms. The van der Waals surface area contributed by atoms with E-state index in [9.17, 15) is 14.0 Å². The van der Waals surface area contributed by atoms with Crippen LogP contribution in [0.4, 0.5) is 10.1 Å². The summed E-state index contributed by atoms with van der Waals surface area (Å²) in [6, 6.07) is 17.6. The first-order chi connectivity index (χ1) is 17.3. The van der Waals surface area contributed by atoms with E-state index < -0.39 is 17.7 Å². The van der Waals surface area contributed by atoms with Gasteiger partial charge < -0.3 is 14.8 Å². The highest BCUT2D eigenvalue weighted by Gasteiger charge is 2.23. The molecule has 0 spiro atoms. The van der Waals surface area contributed by atoms with E-state index in [2.05, 4.69) is 21.2 Å². The number of amides is 1. The Labute approximate surface area is 216 Å². The molecule has 6 nitrogen and oxygen atoms in total. The number of nitrogens with zero attached hydrogens (tertiary/aromatic N) is 1. The van der Waals surface area contributed by atoms with Crippen molar-refractivity contribution in [2.24, 2.45) is 0 Å². The summed E-state index contributed by atoms with van der Waals surface area (Å²) in [4.78, 5) is 30.7. The van der Waals surface area contributed by atoms with Gasteiger partial charge in [-0.25, -0.2) is 9.37 Å². The second-order valence-electron chi connectivity index (χ2n) is 8.15. The summed E-state index contributed by atoms with van der Waals surface area (Å²) < 4.78 is 26.1. The third-order valence-electron chi connectivity index (χ3n) is 5.64. The number of benzene rings is 3. The van der Waals surface area contributed by atoms with Gasteiger partial charge in [0.2, 0.25) is 0 Å². The first kappa shape index (κ1) is 25.3. The van der Waals surface area contributed by atoms with Crippen molar-refractivity contribution in [3.63, 3.8) is 0 Å². The van der Waals surface area contributed by atoms with Crippen LogP contribution in [0.25, 0.3) is 22.2 Å². The number of hydrogen-bond donors (Lipinski definition) is 1. The van der Waals surface area contributed by atoms with Crippen LogP contribution >= 0.6 is 15.9 Å². The van der Waals surface area contributed by atoms with Gasteiger partial charge in [-0.2, -0.15) is 0 Å². The Morgan fingerprint density at radius 2 is 1.83 bits per heavy atom. The molecule has 4 rings (SSSR count). The van der Waals surface area contributed by atoms with E-state index >= 15 is 0 Å². The SMILES string of the molecule is CCCC(=O)Oc1c(F)cc(OC)cc1NC(=O)c1c(C)c(-c2ccccc2)nc2ccc(Br)cc12. The highest BCUT2D eigenvalue weighted by molar-refractivity contribution is 9.10. The summed E-state index contributed by atoms with van der Waals surface area (Å²) in [5, 5.41) is 3.36. The van der Waals surface area contributed by atoms with Crippen LogP contribution in [0.1, 0.15) is 35.7 Å². The molecule has 0 bridgehead atoms. The number of carbonyl (C=O) groups excluding carboxylic acids is 2. The molecular formula is C28H24BrFN2O4. The molecule has 1 heterocycles. The van der Waals surface area contributed by atoms with Crippen LogP contribution in [0.15, 0.2) is 65.1 Å². The number of methoxy groups -OCH3 is 1. The van der Waals surface area contributed by atoms with E-state index in [-0.39, 0.29) is 23.6 Å². The standard InChI is InChI=1S/C28H24BrFN2O4/c1-4-8-24(33)36-27-21(30)14-19(35-3)15-23(27)32-28(34)25-16(2)26(17-9-6-5-7-10-17)31-22-12-11-18(29)13-20(22)25/h5-7,9-15H,4,8H2,1-3H3,(H,32,34). The zero-order valence-corrected chi connectivity index (χ0v) is 21.6. The topological polar surface area (TPSA) is 77.5 Å². The van der Waals surface area contributed by atoms with Gasteiger partial charge in [-0.1, -0.05) is 53.2 Å². The highest BCUT2D eigenvalue weighted by Crippen LogP contribution is 2.36. The van der Waals surface area contributed by atoms with Gasteiger partial charge in [0.05, 0.1) is 29.6 Å². The number of halogens is 2. The number of carbonyl (C=O) groups is 2. The minimum Gasteiger partial charge on any atom is -0.497 e. The quantitative estimate of drug-likeness (QED) is 0.196. The van der Waals surface area contributed by atoms with E-state index in [1.54, 1.807) is 0 Å². The number of esters is 1. The molecule has 0 saturated heterocycles. The molecule has 1 aromatic heterocycles. The average Bonchev–Trinajstić information content (AvgIpc) is 2.86. The van der Waals surface area contributed by atoms with E-state index in [0.717, 1.165) is 16.1 Å². The van der Waals surface area contributed by atoms with Crippen LogP contribution in [-0.2, 0) is 4.79 Å². The molecule has 1 N–H and O–H groups in total. The van der Waals surface area contributed by atoms with Crippen molar-refractivity contribution in [3.05, 3.63) is 82.1 Å². The van der Waals surface area contributed by atoms with Gasteiger partial charge in [-0.15, -0.1) is 0 Å². The minimum absolute atomic E-state index is 0.0121. The molecule has 0 unspecified atom stereocenters. The fraction of sp³-hybridized carbons (Fsp3) is 0.179. The Bertz CT molecular complexity index is 1460. The number of fused-ring (bicyclic) bond motifs is 1. The molecule has 184 valence electrons. The van der Waals surface area contributed by atoms with E-state index in [0.29, 0.717) is 34.1 Å². The Hall–Kier alpha value is -3.78. The molecule has 0 fully saturated rings. The summed E-state index contributed by atoms with van der Waals surface area (Å²) >= 11 is 3.47. The number of hydrogen-bond acceptors (Lipinski definition) is 5. The predicted octanol–water partition coefficient (Wildman–Crippen LogP) is 7.08. The lowest BCUT2D eigenvalue weighted by atomic mass is 9.97. The number of ether oxygens (including phenoxy) is 2. The molecule has 0 saturated carbocycles. The van der Waals surface area contributed by atoms with E-state index in [4.69, 9.17) is 14.5 Å². The summed E-state index contributed by atoms with van der Waals surface area (Å²) in [5.74, 6) is -2.11. The van der Waals surface area contributed by atoms with Crippen LogP contribution in [0.2, 0.25) is 0 Å². The summed E-state index contributed by atoms with van der Waals surface area (Å²) in [5.41, 5.74) is 3.14. The molecule has 0 aliphatic carbocycles. The fourth-order valence-electron chi connectivity index (χ4n) is 3.94. The second kappa shape index (κ2) is 10.9. The smallest absolute Gasteiger partial charge is 0.311 e. The Morgan fingerprint density at radius 3 is 2.53 bits per heavy atom. The Morgan fingerprint density at radius 1 is 1.08 bits per heavy atom. The predicted molar refractivity (Wildman–Crippen MR) is 141 cm³/mol. The van der Waals surface area contributed by atoms with Crippen molar-refractivity contribution < 1.29 is 23.5 Å². The lowest BCUT2D eigenvalue weighted by molar-refractivity contribution is -0.134. The van der Waals surface area contributed by atoms with Crippen LogP contribution < -0.4 is 14.8 Å². The van der Waals surface area contributed by atoms with Crippen LogP contribution in [0.3, 0.4) is 0 Å². The minimum atomic E-state index is -0.821. The summed E-state index contributed by atoms with van der Waals surface area (Å²) in [6.45, 7) is 3.63. The third-order valence-corrected chi connectivity index (χ3v) is 6.13. The normalized spacial score (nSPS) is 10.8. The van der Waals surface area contributed by atoms with Gasteiger partial charge in [0.15, 0.2) is 11.6 Å². The molecule has 0 radical (unpaired) electrons. The number of pyridine rings is 1. The maximum atomic E-state index is 14.9. The molecule has 3 aromatic carbocycles. The van der Waals surface area contributed by atoms with Gasteiger partial charge >= 0.3 is 5.97 Å². The molecule has 4 aromatic rings. The molecule has 0 aliphatic heterocycles. The van der Waals surface area contributed by atoms with Gasteiger partial charge in [-0.3, -0.25) is 9.59 Å². The van der Waals surface area contributed by atoms with Crippen molar-refractivity contribution >= 4 is 44.4 Å². The highest BCUT2D eigenvalue weighted by atomic mass is 79.9. The average molecular weight is 551 g/mol. The fourth-order valence-corrected chi connectivity index (χ4v) is 4.30. The van der Waals surface area contributed by atoms with Gasteiger partial charge in [0.1, 0.15) is 5.75 Å². The van der Waals surface area contributed by atoms with Gasteiger partial charge in [0, 0.05) is 34.0 Å². The monoisotopic (exact) mass is 550 g/mol. The zero-order valence-electron chi connectivity index (χ0n) is 20.0. The lowest BCUT2D eigenvalue weighted by Gasteiger charge is -2.17. The number of anilines is 1. The van der Waals surface area contributed by atoms with Crippen LogP contribution in [-0.4, -0.2) is 24.0 Å². The van der Waals surface area contributed by atoms with E-state index in [1.807, 2.05) is 62.4 Å². The van der Waals surface area contributed by atoms with Crippen LogP contribution in [0.5, 0.6) is 11.5 Å². The molecular weight excluding hydrogens is 527 g/mol. The van der Waals surface area contributed by atoms with Crippen molar-refractivity contribution in [1.82, 2.24) is 4.98 Å². The maximum absolute atomic E-state index is 14.9. The van der Waals surface area contributed by atoms with E-state index in [1.165, 1.54) is 13.2 Å². The summed E-state index contributed by atoms with van der Waals surface area (Å²) in [7, 11) is 1.38. The number of rotatable bonds is 7. The zero-order chi connectivity index (χ0) is 25.8. The van der Waals surface area contributed by atoms with Crippen LogP contribution in [0, 0.1) is 12.7 Å². The molecule has 0 atom stereocenters. The van der Waals surface area contributed by atoms with Crippen molar-refractivity contribution in [2.45, 2.75) is 26.7 Å². The second-order valence-corrected chi connectivity index (χ2v) is 9.07. The lowest BCUT2D eigenvalue weighted by Crippen LogP contribution is -2.18.